The second kappa shape index (κ2) is 8.70. The first-order chi connectivity index (χ1) is 14.3. The molecule has 0 radical (unpaired) electrons. The number of hydrogen-bond donors (Lipinski definition) is 0. The van der Waals surface area contributed by atoms with Gasteiger partial charge in [-0.25, -0.2) is 12.7 Å². The molecule has 0 aromatic carbocycles. The Morgan fingerprint density at radius 3 is 2.77 bits per heavy atom. The van der Waals surface area contributed by atoms with E-state index < -0.39 is 10.0 Å². The molecule has 30 heavy (non-hydrogen) atoms. The van der Waals surface area contributed by atoms with Crippen LogP contribution >= 0.6 is 11.3 Å². The summed E-state index contributed by atoms with van der Waals surface area (Å²) >= 11 is 1.97. The summed E-state index contributed by atoms with van der Waals surface area (Å²) in [5.41, 5.74) is 2.48. The van der Waals surface area contributed by atoms with Crippen molar-refractivity contribution < 1.29 is 13.2 Å². The number of hydrogen-bond acceptors (Lipinski definition) is 6. The zero-order chi connectivity index (χ0) is 21.4. The van der Waals surface area contributed by atoms with Gasteiger partial charge in [0.2, 0.25) is 10.0 Å². The van der Waals surface area contributed by atoms with Crippen molar-refractivity contribution in [3.63, 3.8) is 0 Å². The molecule has 0 amide bonds. The van der Waals surface area contributed by atoms with Crippen LogP contribution in [0, 0.1) is 0 Å². The number of piperidine rings is 1. The van der Waals surface area contributed by atoms with E-state index in [2.05, 4.69) is 23.0 Å². The van der Waals surface area contributed by atoms with Crippen molar-refractivity contribution in [1.29, 1.82) is 0 Å². The van der Waals surface area contributed by atoms with Crippen LogP contribution in [0.4, 0.5) is 0 Å². The summed E-state index contributed by atoms with van der Waals surface area (Å²) in [4.78, 5) is 5.45. The Bertz CT molecular complexity index is 972. The van der Waals surface area contributed by atoms with Crippen LogP contribution < -0.4 is 0 Å². The molecule has 7 nitrogen and oxygen atoms in total. The molecule has 166 valence electrons. The maximum Gasteiger partial charge on any atom is 0.215 e. The average Bonchev–Trinajstić information content (AvgIpc) is 3.36. The van der Waals surface area contributed by atoms with Crippen LogP contribution in [0.2, 0.25) is 0 Å². The van der Waals surface area contributed by atoms with Crippen LogP contribution in [-0.2, 0) is 46.3 Å². The summed E-state index contributed by atoms with van der Waals surface area (Å²) in [5, 5.41) is 4.35. The standard InChI is InChI=1S/C21H32N4O3S2/c1-4-18-13-19-20(29-18)5-11-28-21(19)6-8-24(9-7-21)15-17-14-22-25(16-17)10-12-30(26,27)23(2)3/h13-14,16H,4-12,15H2,1-3H3. The molecule has 2 aliphatic rings. The van der Waals surface area contributed by atoms with Crippen molar-refractivity contribution in [3.05, 3.63) is 39.3 Å². The Balaban J connectivity index is 1.34. The number of sulfonamides is 1. The number of thiophene rings is 1. The molecule has 0 atom stereocenters. The van der Waals surface area contributed by atoms with Gasteiger partial charge in [-0.15, -0.1) is 11.3 Å². The first-order valence-corrected chi connectivity index (χ1v) is 13.1. The summed E-state index contributed by atoms with van der Waals surface area (Å²) in [6, 6.07) is 2.39. The predicted molar refractivity (Wildman–Crippen MR) is 119 cm³/mol. The van der Waals surface area contributed by atoms with E-state index in [0.29, 0.717) is 6.54 Å². The van der Waals surface area contributed by atoms with Crippen LogP contribution in [-0.4, -0.2) is 66.9 Å². The van der Waals surface area contributed by atoms with Gasteiger partial charge in [-0.1, -0.05) is 6.92 Å². The van der Waals surface area contributed by atoms with E-state index in [4.69, 9.17) is 4.74 Å². The second-order valence-corrected chi connectivity index (χ2v) is 12.0. The highest BCUT2D eigenvalue weighted by Gasteiger charge is 2.41. The van der Waals surface area contributed by atoms with Crippen LogP contribution in [0.25, 0.3) is 0 Å². The first kappa shape index (κ1) is 22.0. The molecule has 0 unspecified atom stereocenters. The lowest BCUT2D eigenvalue weighted by molar-refractivity contribution is -0.0981. The van der Waals surface area contributed by atoms with Gasteiger partial charge >= 0.3 is 0 Å². The zero-order valence-corrected chi connectivity index (χ0v) is 19.8. The molecule has 1 spiro atoms. The number of aryl methyl sites for hydroxylation is 2. The SMILES string of the molecule is CCc1cc2c(s1)CCOC21CCN(Cc2cnn(CCS(=O)(=O)N(C)C)c2)CC1. The predicted octanol–water partition coefficient (Wildman–Crippen LogP) is 2.46. The first-order valence-electron chi connectivity index (χ1n) is 10.7. The van der Waals surface area contributed by atoms with Gasteiger partial charge in [0.15, 0.2) is 0 Å². The lowest BCUT2D eigenvalue weighted by Gasteiger charge is -2.44. The van der Waals surface area contributed by atoms with E-state index >= 15 is 0 Å². The minimum absolute atomic E-state index is 0.0629. The number of rotatable bonds is 7. The van der Waals surface area contributed by atoms with Gasteiger partial charge < -0.3 is 4.74 Å². The molecule has 0 N–H and O–H groups in total. The smallest absolute Gasteiger partial charge is 0.215 e. The summed E-state index contributed by atoms with van der Waals surface area (Å²) in [7, 11) is -0.0847. The molecule has 2 aromatic heterocycles. The summed E-state index contributed by atoms with van der Waals surface area (Å²) in [6.07, 6.45) is 8.02. The molecule has 2 aliphatic heterocycles. The highest BCUT2D eigenvalue weighted by molar-refractivity contribution is 7.89. The fourth-order valence-corrected chi connectivity index (χ4v) is 6.35. The topological polar surface area (TPSA) is 67.7 Å². The lowest BCUT2D eigenvalue weighted by atomic mass is 9.82. The molecule has 1 saturated heterocycles. The van der Waals surface area contributed by atoms with Gasteiger partial charge in [0, 0.05) is 61.7 Å². The fourth-order valence-electron chi connectivity index (χ4n) is 4.39. The van der Waals surface area contributed by atoms with Crippen LogP contribution in [0.5, 0.6) is 0 Å². The fraction of sp³-hybridized carbons (Fsp3) is 0.667. The van der Waals surface area contributed by atoms with Gasteiger partial charge in [-0.2, -0.15) is 5.10 Å². The molecule has 0 saturated carbocycles. The van der Waals surface area contributed by atoms with E-state index in [9.17, 15) is 8.42 Å². The Hall–Kier alpha value is -1.26. The van der Waals surface area contributed by atoms with Crippen LogP contribution in [0.1, 0.15) is 40.6 Å². The number of aromatic nitrogens is 2. The van der Waals surface area contributed by atoms with Crippen molar-refractivity contribution in [3.8, 4) is 0 Å². The van der Waals surface area contributed by atoms with E-state index in [0.717, 1.165) is 57.5 Å². The molecule has 9 heteroatoms. The number of likely N-dealkylation sites (tertiary alicyclic amines) is 1. The Morgan fingerprint density at radius 2 is 2.07 bits per heavy atom. The summed E-state index contributed by atoms with van der Waals surface area (Å²) < 4.78 is 33.3. The highest BCUT2D eigenvalue weighted by atomic mass is 32.2. The molecule has 4 heterocycles. The summed E-state index contributed by atoms with van der Waals surface area (Å²) in [5.74, 6) is 0.0629. The molecule has 0 bridgehead atoms. The normalized spacial score (nSPS) is 19.5. The molecular weight excluding hydrogens is 420 g/mol. The molecule has 0 aliphatic carbocycles. The van der Waals surface area contributed by atoms with Crippen molar-refractivity contribution in [2.24, 2.45) is 0 Å². The van der Waals surface area contributed by atoms with Crippen molar-refractivity contribution in [2.45, 2.75) is 51.3 Å². The van der Waals surface area contributed by atoms with E-state index in [1.54, 1.807) is 18.8 Å². The van der Waals surface area contributed by atoms with Crippen molar-refractivity contribution in [1.82, 2.24) is 19.0 Å². The minimum Gasteiger partial charge on any atom is -0.370 e. The average molecular weight is 453 g/mol. The third kappa shape index (κ3) is 4.50. The Morgan fingerprint density at radius 1 is 1.30 bits per heavy atom. The molecule has 2 aromatic rings. The number of fused-ring (bicyclic) bond motifs is 2. The molecule has 1 fully saturated rings. The maximum absolute atomic E-state index is 11.9. The zero-order valence-electron chi connectivity index (χ0n) is 18.1. The van der Waals surface area contributed by atoms with E-state index in [-0.39, 0.29) is 11.4 Å². The van der Waals surface area contributed by atoms with E-state index in [1.165, 1.54) is 19.6 Å². The van der Waals surface area contributed by atoms with E-state index in [1.807, 2.05) is 23.7 Å². The third-order valence-corrected chi connectivity index (χ3v) is 9.45. The minimum atomic E-state index is -3.21. The quantitative estimate of drug-likeness (QED) is 0.646. The number of ether oxygens (including phenoxy) is 1. The Kier molecular flexibility index (Phi) is 6.37. The highest BCUT2D eigenvalue weighted by Crippen LogP contribution is 2.44. The third-order valence-electron chi connectivity index (χ3n) is 6.30. The van der Waals surface area contributed by atoms with Gasteiger partial charge in [0.05, 0.1) is 30.7 Å². The second-order valence-electron chi connectivity index (χ2n) is 8.48. The van der Waals surface area contributed by atoms with Crippen LogP contribution in [0.3, 0.4) is 0 Å². The largest absolute Gasteiger partial charge is 0.370 e. The Labute approximate surface area is 183 Å². The van der Waals surface area contributed by atoms with Gasteiger partial charge in [0.25, 0.3) is 0 Å². The van der Waals surface area contributed by atoms with Crippen molar-refractivity contribution >= 4 is 21.4 Å². The van der Waals surface area contributed by atoms with Gasteiger partial charge in [0.1, 0.15) is 0 Å². The van der Waals surface area contributed by atoms with Crippen molar-refractivity contribution in [2.75, 3.05) is 39.5 Å². The molecular formula is C21H32N4O3S2. The monoisotopic (exact) mass is 452 g/mol. The maximum atomic E-state index is 11.9. The van der Waals surface area contributed by atoms with Gasteiger partial charge in [-0.05, 0) is 30.9 Å². The van der Waals surface area contributed by atoms with Crippen LogP contribution in [0.15, 0.2) is 18.5 Å². The lowest BCUT2D eigenvalue weighted by Crippen LogP contribution is -2.45. The number of nitrogens with zero attached hydrogens (tertiary/aromatic N) is 4. The summed E-state index contributed by atoms with van der Waals surface area (Å²) in [6.45, 7) is 6.27. The van der Waals surface area contributed by atoms with Gasteiger partial charge in [-0.3, -0.25) is 9.58 Å². The molecule has 4 rings (SSSR count).